The van der Waals surface area contributed by atoms with Crippen molar-refractivity contribution in [1.82, 2.24) is 10.2 Å². The van der Waals surface area contributed by atoms with Gasteiger partial charge < -0.3 is 10.2 Å². The Labute approximate surface area is 104 Å². The molecule has 0 aliphatic rings. The van der Waals surface area contributed by atoms with Crippen LogP contribution in [0.3, 0.4) is 0 Å². The minimum atomic E-state index is 0.0807. The van der Waals surface area contributed by atoms with Gasteiger partial charge in [-0.05, 0) is 23.3 Å². The molecule has 0 fully saturated rings. The van der Waals surface area contributed by atoms with Gasteiger partial charge in [0, 0.05) is 5.56 Å². The Bertz CT molecular complexity index is 644. The van der Waals surface area contributed by atoms with Gasteiger partial charge in [0.25, 0.3) is 0 Å². The molecule has 1 aromatic heterocycles. The van der Waals surface area contributed by atoms with Crippen LogP contribution in [0.4, 0.5) is 6.01 Å². The van der Waals surface area contributed by atoms with Crippen molar-refractivity contribution < 1.29 is 4.42 Å². The van der Waals surface area contributed by atoms with E-state index in [-0.39, 0.29) is 6.01 Å². The van der Waals surface area contributed by atoms with Crippen LogP contribution in [0.15, 0.2) is 59.0 Å². The first-order valence-corrected chi connectivity index (χ1v) is 5.58. The zero-order chi connectivity index (χ0) is 12.4. The van der Waals surface area contributed by atoms with E-state index in [0.29, 0.717) is 5.89 Å². The largest absolute Gasteiger partial charge is 0.404 e. The van der Waals surface area contributed by atoms with E-state index in [0.717, 1.165) is 11.1 Å². The molecule has 1 heterocycles. The number of nitrogens with zero attached hydrogens (tertiary/aromatic N) is 2. The molecule has 4 nitrogen and oxygen atoms in total. The van der Waals surface area contributed by atoms with Gasteiger partial charge >= 0.3 is 6.01 Å². The number of hydrogen-bond acceptors (Lipinski definition) is 4. The molecule has 0 saturated heterocycles. The van der Waals surface area contributed by atoms with E-state index in [4.69, 9.17) is 10.2 Å². The quantitative estimate of drug-likeness (QED) is 0.744. The lowest BCUT2D eigenvalue weighted by molar-refractivity contribution is 0.590. The Morgan fingerprint density at radius 3 is 1.94 bits per heavy atom. The number of benzene rings is 2. The SMILES string of the molecule is Nc1nnc(-c2ccc(-c3ccccc3)cc2)o1. The summed E-state index contributed by atoms with van der Waals surface area (Å²) in [4.78, 5) is 0. The average Bonchev–Trinajstić information content (AvgIpc) is 2.87. The molecule has 0 saturated carbocycles. The molecule has 0 aliphatic carbocycles. The third-order valence-electron chi connectivity index (χ3n) is 2.68. The fraction of sp³-hybridized carbons (Fsp3) is 0. The highest BCUT2D eigenvalue weighted by Gasteiger charge is 2.06. The van der Waals surface area contributed by atoms with Gasteiger partial charge in [0.1, 0.15) is 0 Å². The lowest BCUT2D eigenvalue weighted by Gasteiger charge is -2.01. The zero-order valence-electron chi connectivity index (χ0n) is 9.58. The van der Waals surface area contributed by atoms with E-state index in [1.807, 2.05) is 42.5 Å². The lowest BCUT2D eigenvalue weighted by atomic mass is 10.0. The molecular formula is C14H11N3O. The van der Waals surface area contributed by atoms with E-state index in [2.05, 4.69) is 22.3 Å². The van der Waals surface area contributed by atoms with Crippen molar-refractivity contribution in [3.63, 3.8) is 0 Å². The van der Waals surface area contributed by atoms with Crippen LogP contribution in [0.25, 0.3) is 22.6 Å². The van der Waals surface area contributed by atoms with Gasteiger partial charge in [-0.25, -0.2) is 0 Å². The minimum absolute atomic E-state index is 0.0807. The van der Waals surface area contributed by atoms with Crippen LogP contribution >= 0.6 is 0 Å². The fourth-order valence-corrected chi connectivity index (χ4v) is 1.79. The van der Waals surface area contributed by atoms with Crippen molar-refractivity contribution in [2.45, 2.75) is 0 Å². The maximum atomic E-state index is 5.40. The molecule has 88 valence electrons. The Morgan fingerprint density at radius 2 is 1.33 bits per heavy atom. The number of rotatable bonds is 2. The van der Waals surface area contributed by atoms with Gasteiger partial charge in [-0.15, -0.1) is 5.10 Å². The van der Waals surface area contributed by atoms with Crippen LogP contribution in [-0.2, 0) is 0 Å². The molecule has 0 amide bonds. The summed E-state index contributed by atoms with van der Waals surface area (Å²) in [6.45, 7) is 0. The smallest absolute Gasteiger partial charge is 0.313 e. The Morgan fingerprint density at radius 1 is 0.722 bits per heavy atom. The van der Waals surface area contributed by atoms with E-state index in [1.165, 1.54) is 5.56 Å². The molecule has 0 spiro atoms. The van der Waals surface area contributed by atoms with Crippen molar-refractivity contribution >= 4 is 6.01 Å². The van der Waals surface area contributed by atoms with Gasteiger partial charge in [-0.2, -0.15) is 0 Å². The molecule has 0 unspecified atom stereocenters. The molecule has 0 atom stereocenters. The molecule has 0 bridgehead atoms. The Kier molecular flexibility index (Phi) is 2.53. The topological polar surface area (TPSA) is 64.9 Å². The van der Waals surface area contributed by atoms with Crippen LogP contribution in [0.2, 0.25) is 0 Å². The highest BCUT2D eigenvalue weighted by atomic mass is 16.4. The molecule has 3 aromatic rings. The first kappa shape index (κ1) is 10.5. The minimum Gasteiger partial charge on any atom is -0.404 e. The maximum absolute atomic E-state index is 5.40. The molecule has 2 N–H and O–H groups in total. The van der Waals surface area contributed by atoms with Crippen LogP contribution in [0, 0.1) is 0 Å². The predicted molar refractivity (Wildman–Crippen MR) is 69.6 cm³/mol. The van der Waals surface area contributed by atoms with Crippen molar-refractivity contribution in [3.8, 4) is 22.6 Å². The van der Waals surface area contributed by atoms with Crippen molar-refractivity contribution in [1.29, 1.82) is 0 Å². The van der Waals surface area contributed by atoms with Crippen LogP contribution in [0.1, 0.15) is 0 Å². The molecule has 3 rings (SSSR count). The molecule has 2 aromatic carbocycles. The third kappa shape index (κ3) is 1.96. The van der Waals surface area contributed by atoms with Crippen LogP contribution in [-0.4, -0.2) is 10.2 Å². The zero-order valence-corrected chi connectivity index (χ0v) is 9.58. The molecular weight excluding hydrogens is 226 g/mol. The third-order valence-corrected chi connectivity index (χ3v) is 2.68. The second-order valence-electron chi connectivity index (χ2n) is 3.89. The van der Waals surface area contributed by atoms with Gasteiger partial charge in [-0.3, -0.25) is 0 Å². The molecule has 0 radical (unpaired) electrons. The van der Waals surface area contributed by atoms with Gasteiger partial charge in [-0.1, -0.05) is 47.6 Å². The van der Waals surface area contributed by atoms with Crippen molar-refractivity contribution in [2.24, 2.45) is 0 Å². The van der Waals surface area contributed by atoms with Crippen LogP contribution < -0.4 is 5.73 Å². The summed E-state index contributed by atoms with van der Waals surface area (Å²) < 4.78 is 5.17. The fourth-order valence-electron chi connectivity index (χ4n) is 1.79. The summed E-state index contributed by atoms with van der Waals surface area (Å²) in [6, 6.07) is 18.2. The molecule has 0 aliphatic heterocycles. The maximum Gasteiger partial charge on any atom is 0.313 e. The summed E-state index contributed by atoms with van der Waals surface area (Å²) in [6.07, 6.45) is 0. The Hall–Kier alpha value is -2.62. The lowest BCUT2D eigenvalue weighted by Crippen LogP contribution is -1.81. The van der Waals surface area contributed by atoms with E-state index >= 15 is 0 Å². The second-order valence-corrected chi connectivity index (χ2v) is 3.89. The van der Waals surface area contributed by atoms with Gasteiger partial charge in [0.05, 0.1) is 0 Å². The second kappa shape index (κ2) is 4.33. The average molecular weight is 237 g/mol. The number of hydrogen-bond donors (Lipinski definition) is 1. The monoisotopic (exact) mass is 237 g/mol. The number of nitrogen functional groups attached to an aromatic ring is 1. The highest BCUT2D eigenvalue weighted by Crippen LogP contribution is 2.24. The first-order valence-electron chi connectivity index (χ1n) is 5.58. The molecule has 18 heavy (non-hydrogen) atoms. The number of anilines is 1. The Balaban J connectivity index is 1.94. The van der Waals surface area contributed by atoms with E-state index in [9.17, 15) is 0 Å². The normalized spacial score (nSPS) is 10.4. The van der Waals surface area contributed by atoms with E-state index in [1.54, 1.807) is 0 Å². The summed E-state index contributed by atoms with van der Waals surface area (Å²) in [5.41, 5.74) is 8.58. The standard InChI is InChI=1S/C14H11N3O/c15-14-17-16-13(18-14)12-8-6-11(7-9-12)10-4-2-1-3-5-10/h1-9H,(H2,15,17). The van der Waals surface area contributed by atoms with Gasteiger partial charge in [0.15, 0.2) is 0 Å². The van der Waals surface area contributed by atoms with Crippen molar-refractivity contribution in [2.75, 3.05) is 5.73 Å². The summed E-state index contributed by atoms with van der Waals surface area (Å²) in [7, 11) is 0. The summed E-state index contributed by atoms with van der Waals surface area (Å²) in [5.74, 6) is 0.437. The predicted octanol–water partition coefficient (Wildman–Crippen LogP) is 2.99. The highest BCUT2D eigenvalue weighted by molar-refractivity contribution is 5.67. The van der Waals surface area contributed by atoms with Crippen LogP contribution in [0.5, 0.6) is 0 Å². The first-order chi connectivity index (χ1) is 8.83. The summed E-state index contributed by atoms with van der Waals surface area (Å²) in [5, 5.41) is 7.48. The van der Waals surface area contributed by atoms with Gasteiger partial charge in [0.2, 0.25) is 5.89 Å². The van der Waals surface area contributed by atoms with E-state index < -0.39 is 0 Å². The number of aromatic nitrogens is 2. The number of nitrogens with two attached hydrogens (primary N) is 1. The summed E-state index contributed by atoms with van der Waals surface area (Å²) >= 11 is 0. The van der Waals surface area contributed by atoms with Crippen molar-refractivity contribution in [3.05, 3.63) is 54.6 Å². The molecule has 4 heteroatoms.